The van der Waals surface area contributed by atoms with Gasteiger partial charge in [-0.15, -0.1) is 0 Å². The maximum Gasteiger partial charge on any atom is 0.472 e. The zero-order chi connectivity index (χ0) is 63.5. The van der Waals surface area contributed by atoms with Crippen LogP contribution in [0.15, 0.2) is 0 Å². The number of aliphatic hydroxyl groups is 1. The Labute approximate surface area is 524 Å². The summed E-state index contributed by atoms with van der Waals surface area (Å²) in [5.74, 6) is -1.33. The number of unbranched alkanes of at least 4 members (excludes halogenated alkanes) is 39. The predicted octanol–water partition coefficient (Wildman–Crippen LogP) is 19.0. The van der Waals surface area contributed by atoms with Crippen LogP contribution < -0.4 is 0 Å². The van der Waals surface area contributed by atoms with E-state index in [2.05, 4.69) is 34.6 Å². The van der Waals surface area contributed by atoms with Gasteiger partial charge in [0, 0.05) is 25.7 Å². The first-order valence-corrected chi connectivity index (χ1v) is 38.1. The van der Waals surface area contributed by atoms with Gasteiger partial charge < -0.3 is 33.8 Å². The standard InChI is InChI=1S/C67H130O17P2/c1-6-9-12-15-18-20-27-32-36-41-46-51-65(70)78-57-63(84-67(72)53-48-43-38-33-29-26-24-22-23-25-28-30-35-39-44-49-60(4)5)59-82-86(75,76)80-55-61(68)54-79-85(73,74)81-58-62(56-77-64(69)50-45-40-34-17-14-11-8-3)83-66(71)52-47-42-37-31-21-19-16-13-10-7-2/h60-63,68H,6-59H2,1-5H3,(H,73,74)(H,75,76)/t61-,62+,63+/m0/s1. The van der Waals surface area contributed by atoms with E-state index in [0.717, 1.165) is 109 Å². The molecule has 0 saturated carbocycles. The number of ether oxygens (including phenoxy) is 4. The number of rotatable bonds is 67. The Morgan fingerprint density at radius 3 is 0.791 bits per heavy atom. The molecule has 0 aliphatic rings. The number of phosphoric ester groups is 2. The van der Waals surface area contributed by atoms with E-state index in [0.29, 0.717) is 25.7 Å². The molecule has 0 heterocycles. The van der Waals surface area contributed by atoms with E-state index in [1.54, 1.807) is 0 Å². The highest BCUT2D eigenvalue weighted by atomic mass is 31.2. The van der Waals surface area contributed by atoms with Gasteiger partial charge in [-0.2, -0.15) is 0 Å². The van der Waals surface area contributed by atoms with E-state index in [1.807, 2.05) is 0 Å². The molecule has 0 aromatic carbocycles. The molecule has 19 heteroatoms. The van der Waals surface area contributed by atoms with Crippen molar-refractivity contribution in [3.63, 3.8) is 0 Å². The number of aliphatic hydroxyl groups excluding tert-OH is 1. The second kappa shape index (κ2) is 60.6. The second-order valence-electron chi connectivity index (χ2n) is 24.7. The Bertz CT molecular complexity index is 1670. The summed E-state index contributed by atoms with van der Waals surface area (Å²) in [5.41, 5.74) is 0. The van der Waals surface area contributed by atoms with Crippen molar-refractivity contribution in [1.29, 1.82) is 0 Å². The summed E-state index contributed by atoms with van der Waals surface area (Å²) < 4.78 is 68.0. The molecule has 0 spiro atoms. The Balaban J connectivity index is 5.17. The van der Waals surface area contributed by atoms with Crippen molar-refractivity contribution in [1.82, 2.24) is 0 Å². The maximum absolute atomic E-state index is 13.0. The zero-order valence-electron chi connectivity index (χ0n) is 55.4. The van der Waals surface area contributed by atoms with Crippen LogP contribution in [0.5, 0.6) is 0 Å². The molecular formula is C67H130O17P2. The lowest BCUT2D eigenvalue weighted by atomic mass is 10.0. The second-order valence-corrected chi connectivity index (χ2v) is 27.6. The maximum atomic E-state index is 13.0. The van der Waals surface area contributed by atoms with Gasteiger partial charge in [0.1, 0.15) is 19.3 Å². The third-order valence-electron chi connectivity index (χ3n) is 15.5. The Kier molecular flexibility index (Phi) is 59.2. The molecule has 5 atom stereocenters. The van der Waals surface area contributed by atoms with E-state index in [1.165, 1.54) is 154 Å². The third-order valence-corrected chi connectivity index (χ3v) is 17.4. The lowest BCUT2D eigenvalue weighted by molar-refractivity contribution is -0.161. The lowest BCUT2D eigenvalue weighted by Crippen LogP contribution is -2.30. The van der Waals surface area contributed by atoms with Gasteiger partial charge in [-0.1, -0.05) is 291 Å². The first kappa shape index (κ1) is 84.1. The van der Waals surface area contributed by atoms with Crippen molar-refractivity contribution < 1.29 is 80.2 Å². The fourth-order valence-electron chi connectivity index (χ4n) is 10.1. The normalized spacial score (nSPS) is 14.2. The van der Waals surface area contributed by atoms with Crippen LogP contribution in [0.4, 0.5) is 0 Å². The molecule has 0 fully saturated rings. The first-order valence-electron chi connectivity index (χ1n) is 35.1. The molecule has 510 valence electrons. The van der Waals surface area contributed by atoms with Crippen LogP contribution in [0.3, 0.4) is 0 Å². The molecule has 0 rings (SSSR count). The third kappa shape index (κ3) is 60.9. The molecule has 0 bridgehead atoms. The van der Waals surface area contributed by atoms with Gasteiger partial charge in [-0.05, 0) is 31.6 Å². The van der Waals surface area contributed by atoms with Crippen molar-refractivity contribution >= 4 is 39.5 Å². The van der Waals surface area contributed by atoms with Crippen molar-refractivity contribution in [2.75, 3.05) is 39.6 Å². The molecular weight excluding hydrogens is 1140 g/mol. The summed E-state index contributed by atoms with van der Waals surface area (Å²) >= 11 is 0. The smallest absolute Gasteiger partial charge is 0.462 e. The molecule has 2 unspecified atom stereocenters. The number of phosphoric acid groups is 2. The lowest BCUT2D eigenvalue weighted by Gasteiger charge is -2.21. The fraction of sp³-hybridized carbons (Fsp3) is 0.940. The van der Waals surface area contributed by atoms with Crippen molar-refractivity contribution in [3.05, 3.63) is 0 Å². The zero-order valence-corrected chi connectivity index (χ0v) is 57.2. The number of carbonyl (C=O) groups excluding carboxylic acids is 4. The van der Waals surface area contributed by atoms with E-state index in [-0.39, 0.29) is 25.7 Å². The van der Waals surface area contributed by atoms with Crippen LogP contribution in [0.1, 0.15) is 343 Å². The van der Waals surface area contributed by atoms with Crippen molar-refractivity contribution in [2.24, 2.45) is 5.92 Å². The summed E-state index contributed by atoms with van der Waals surface area (Å²) in [6.07, 6.45) is 45.9. The van der Waals surface area contributed by atoms with Crippen LogP contribution in [0.25, 0.3) is 0 Å². The fourth-order valence-corrected chi connectivity index (χ4v) is 11.7. The number of esters is 4. The average molecular weight is 1270 g/mol. The minimum absolute atomic E-state index is 0.106. The van der Waals surface area contributed by atoms with Crippen LogP contribution >= 0.6 is 15.6 Å². The highest BCUT2D eigenvalue weighted by molar-refractivity contribution is 7.47. The first-order chi connectivity index (χ1) is 41.5. The van der Waals surface area contributed by atoms with Crippen molar-refractivity contribution in [2.45, 2.75) is 361 Å². The summed E-state index contributed by atoms with van der Waals surface area (Å²) in [6, 6.07) is 0. The molecule has 17 nitrogen and oxygen atoms in total. The molecule has 0 amide bonds. The van der Waals surface area contributed by atoms with Crippen LogP contribution in [0, 0.1) is 5.92 Å². The van der Waals surface area contributed by atoms with Crippen LogP contribution in [-0.2, 0) is 65.4 Å². The van der Waals surface area contributed by atoms with Gasteiger partial charge in [-0.25, -0.2) is 9.13 Å². The number of hydrogen-bond acceptors (Lipinski definition) is 15. The Hall–Kier alpha value is -1.94. The minimum atomic E-state index is -4.95. The van der Waals surface area contributed by atoms with Gasteiger partial charge in [0.25, 0.3) is 0 Å². The highest BCUT2D eigenvalue weighted by Gasteiger charge is 2.30. The van der Waals surface area contributed by atoms with Gasteiger partial charge in [0.05, 0.1) is 26.4 Å². The van der Waals surface area contributed by atoms with E-state index in [9.17, 15) is 43.2 Å². The Morgan fingerprint density at radius 1 is 0.314 bits per heavy atom. The molecule has 0 saturated heterocycles. The van der Waals surface area contributed by atoms with Crippen molar-refractivity contribution in [3.8, 4) is 0 Å². The molecule has 0 aromatic rings. The van der Waals surface area contributed by atoms with Crippen LogP contribution in [0.2, 0.25) is 0 Å². The Morgan fingerprint density at radius 2 is 0.535 bits per heavy atom. The minimum Gasteiger partial charge on any atom is -0.462 e. The van der Waals surface area contributed by atoms with E-state index in [4.69, 9.17) is 37.0 Å². The summed E-state index contributed by atoms with van der Waals surface area (Å²) in [6.45, 7) is 7.20. The van der Waals surface area contributed by atoms with Gasteiger partial charge in [0.2, 0.25) is 0 Å². The SMILES string of the molecule is CCCCCCCCCCCCCC(=O)OC[C@H](COP(=O)(O)OC[C@@H](O)COP(=O)(O)OC[C@@H](COC(=O)CCCCCCCCC)OC(=O)CCCCCCCCCCCC)OC(=O)CCCCCCCCCCCCCCCCCC(C)C. The highest BCUT2D eigenvalue weighted by Crippen LogP contribution is 2.45. The van der Waals surface area contributed by atoms with Gasteiger partial charge in [0.15, 0.2) is 12.2 Å². The van der Waals surface area contributed by atoms with Gasteiger partial charge in [-0.3, -0.25) is 37.3 Å². The molecule has 3 N–H and O–H groups in total. The average Bonchev–Trinajstić information content (AvgIpc) is 3.61. The van der Waals surface area contributed by atoms with Gasteiger partial charge >= 0.3 is 39.5 Å². The monoisotopic (exact) mass is 1270 g/mol. The van der Waals surface area contributed by atoms with E-state index < -0.39 is 97.5 Å². The number of carbonyl (C=O) groups is 4. The molecule has 86 heavy (non-hydrogen) atoms. The summed E-state index contributed by atoms with van der Waals surface area (Å²) in [7, 11) is -9.88. The molecule has 0 aromatic heterocycles. The summed E-state index contributed by atoms with van der Waals surface area (Å²) in [5, 5.41) is 10.5. The molecule has 0 radical (unpaired) electrons. The molecule has 0 aliphatic heterocycles. The predicted molar refractivity (Wildman–Crippen MR) is 345 cm³/mol. The topological polar surface area (TPSA) is 237 Å². The van der Waals surface area contributed by atoms with E-state index >= 15 is 0 Å². The molecule has 0 aliphatic carbocycles. The van der Waals surface area contributed by atoms with Crippen LogP contribution in [-0.4, -0.2) is 96.7 Å². The number of hydrogen-bond donors (Lipinski definition) is 3. The summed E-state index contributed by atoms with van der Waals surface area (Å²) in [4.78, 5) is 72.2. The largest absolute Gasteiger partial charge is 0.472 e. The quantitative estimate of drug-likeness (QED) is 0.0222.